The van der Waals surface area contributed by atoms with E-state index in [0.717, 1.165) is 62.5 Å². The van der Waals surface area contributed by atoms with Gasteiger partial charge in [-0.25, -0.2) is 0 Å². The third kappa shape index (κ3) is 3.97. The van der Waals surface area contributed by atoms with Gasteiger partial charge >= 0.3 is 0 Å². The lowest BCUT2D eigenvalue weighted by atomic mass is 10.1. The fourth-order valence-electron chi connectivity index (χ4n) is 2.72. The molecular formula is C17H27N3O. The van der Waals surface area contributed by atoms with E-state index in [0.29, 0.717) is 0 Å². The van der Waals surface area contributed by atoms with Gasteiger partial charge in [-0.2, -0.15) is 0 Å². The van der Waals surface area contributed by atoms with Crippen LogP contribution in [0.2, 0.25) is 0 Å². The number of hydrogen-bond donors (Lipinski definition) is 1. The molecule has 1 fully saturated rings. The van der Waals surface area contributed by atoms with Gasteiger partial charge in [0.2, 0.25) is 0 Å². The summed E-state index contributed by atoms with van der Waals surface area (Å²) in [4.78, 5) is 17.0. The van der Waals surface area contributed by atoms with Gasteiger partial charge in [0.25, 0.3) is 5.91 Å². The van der Waals surface area contributed by atoms with Crippen LogP contribution in [0.15, 0.2) is 18.2 Å². The molecule has 1 heterocycles. The molecule has 1 aliphatic rings. The van der Waals surface area contributed by atoms with Crippen molar-refractivity contribution in [1.82, 2.24) is 9.80 Å². The van der Waals surface area contributed by atoms with E-state index in [1.165, 1.54) is 0 Å². The standard InChI is InChI=1S/C17H27N3O/c1-4-8-18-15-6-7-16(14(3)13-15)17(21)20-11-9-19(5-2)10-12-20/h6-7,13,18H,4-5,8-12H2,1-3H3. The van der Waals surface area contributed by atoms with Gasteiger partial charge in [-0.05, 0) is 43.7 Å². The normalized spacial score (nSPS) is 16.0. The maximum absolute atomic E-state index is 12.6. The molecule has 0 aromatic heterocycles. The Labute approximate surface area is 128 Å². The molecule has 0 spiro atoms. The van der Waals surface area contributed by atoms with E-state index >= 15 is 0 Å². The number of amides is 1. The summed E-state index contributed by atoms with van der Waals surface area (Å²) < 4.78 is 0. The van der Waals surface area contributed by atoms with Crippen molar-refractivity contribution in [2.75, 3.05) is 44.6 Å². The minimum absolute atomic E-state index is 0.172. The summed E-state index contributed by atoms with van der Waals surface area (Å²) in [6.07, 6.45) is 1.10. The quantitative estimate of drug-likeness (QED) is 0.905. The summed E-state index contributed by atoms with van der Waals surface area (Å²) in [5.74, 6) is 0.172. The lowest BCUT2D eigenvalue weighted by Crippen LogP contribution is -2.48. The first kappa shape index (κ1) is 15.8. The molecule has 0 aliphatic carbocycles. The topological polar surface area (TPSA) is 35.6 Å². The Hall–Kier alpha value is -1.55. The second-order valence-corrected chi connectivity index (χ2v) is 5.68. The zero-order chi connectivity index (χ0) is 15.2. The number of hydrogen-bond acceptors (Lipinski definition) is 3. The number of rotatable bonds is 5. The second-order valence-electron chi connectivity index (χ2n) is 5.68. The molecule has 0 bridgehead atoms. The summed E-state index contributed by atoms with van der Waals surface area (Å²) in [5.41, 5.74) is 2.99. The molecule has 1 saturated heterocycles. The van der Waals surface area contributed by atoms with Crippen LogP contribution in [0.3, 0.4) is 0 Å². The van der Waals surface area contributed by atoms with Crippen molar-refractivity contribution in [1.29, 1.82) is 0 Å². The number of likely N-dealkylation sites (N-methyl/N-ethyl adjacent to an activating group) is 1. The molecule has 21 heavy (non-hydrogen) atoms. The molecule has 1 aliphatic heterocycles. The van der Waals surface area contributed by atoms with Gasteiger partial charge in [-0.1, -0.05) is 13.8 Å². The van der Waals surface area contributed by atoms with Crippen LogP contribution in [0.5, 0.6) is 0 Å². The largest absolute Gasteiger partial charge is 0.385 e. The number of nitrogens with one attached hydrogen (secondary N) is 1. The van der Waals surface area contributed by atoms with E-state index in [4.69, 9.17) is 0 Å². The van der Waals surface area contributed by atoms with Crippen LogP contribution in [0.25, 0.3) is 0 Å². The molecule has 1 aromatic rings. The molecule has 4 heteroatoms. The summed E-state index contributed by atoms with van der Waals surface area (Å²) in [6.45, 7) is 12.0. The Morgan fingerprint density at radius 3 is 2.48 bits per heavy atom. The van der Waals surface area contributed by atoms with Crippen LogP contribution >= 0.6 is 0 Å². The molecule has 4 nitrogen and oxygen atoms in total. The van der Waals surface area contributed by atoms with Crippen molar-refractivity contribution in [3.8, 4) is 0 Å². The van der Waals surface area contributed by atoms with Crippen molar-refractivity contribution < 1.29 is 4.79 Å². The number of carbonyl (C=O) groups excluding carboxylic acids is 1. The van der Waals surface area contributed by atoms with Crippen molar-refractivity contribution in [3.05, 3.63) is 29.3 Å². The summed E-state index contributed by atoms with van der Waals surface area (Å²) in [6, 6.07) is 6.05. The minimum Gasteiger partial charge on any atom is -0.385 e. The number of nitrogens with zero attached hydrogens (tertiary/aromatic N) is 2. The van der Waals surface area contributed by atoms with Gasteiger partial charge in [-0.3, -0.25) is 4.79 Å². The zero-order valence-corrected chi connectivity index (χ0v) is 13.5. The molecule has 1 N–H and O–H groups in total. The highest BCUT2D eigenvalue weighted by atomic mass is 16.2. The van der Waals surface area contributed by atoms with Crippen LogP contribution < -0.4 is 5.32 Å². The first-order chi connectivity index (χ1) is 10.2. The van der Waals surface area contributed by atoms with E-state index in [-0.39, 0.29) is 5.91 Å². The second kappa shape index (κ2) is 7.46. The van der Waals surface area contributed by atoms with Gasteiger partial charge in [-0.15, -0.1) is 0 Å². The van der Waals surface area contributed by atoms with Crippen LogP contribution in [0, 0.1) is 6.92 Å². The molecule has 2 rings (SSSR count). The molecule has 0 atom stereocenters. The Morgan fingerprint density at radius 2 is 1.90 bits per heavy atom. The molecule has 116 valence electrons. The Bertz CT molecular complexity index is 479. The first-order valence-electron chi connectivity index (χ1n) is 8.01. The summed E-state index contributed by atoms with van der Waals surface area (Å²) in [7, 11) is 0. The lowest BCUT2D eigenvalue weighted by molar-refractivity contribution is 0.0642. The first-order valence-corrected chi connectivity index (χ1v) is 8.01. The van der Waals surface area contributed by atoms with Gasteiger partial charge in [0, 0.05) is 44.0 Å². The number of benzene rings is 1. The van der Waals surface area contributed by atoms with Crippen LogP contribution in [0.1, 0.15) is 36.2 Å². The van der Waals surface area contributed by atoms with E-state index in [1.54, 1.807) is 0 Å². The van der Waals surface area contributed by atoms with Gasteiger partial charge in [0.05, 0.1) is 0 Å². The average molecular weight is 289 g/mol. The third-order valence-electron chi connectivity index (χ3n) is 4.14. The number of aryl methyl sites for hydroxylation is 1. The fourth-order valence-corrected chi connectivity index (χ4v) is 2.72. The predicted octanol–water partition coefficient (Wildman–Crippen LogP) is 2.59. The van der Waals surface area contributed by atoms with E-state index in [2.05, 4.69) is 30.1 Å². The average Bonchev–Trinajstić information content (AvgIpc) is 2.52. The molecule has 1 aromatic carbocycles. The SMILES string of the molecule is CCCNc1ccc(C(=O)N2CCN(CC)CC2)c(C)c1. The maximum Gasteiger partial charge on any atom is 0.254 e. The van der Waals surface area contributed by atoms with Crippen molar-refractivity contribution >= 4 is 11.6 Å². The molecule has 0 unspecified atom stereocenters. The Kier molecular flexibility index (Phi) is 5.62. The third-order valence-corrected chi connectivity index (χ3v) is 4.14. The van der Waals surface area contributed by atoms with Crippen LogP contribution in [-0.4, -0.2) is 55.0 Å². The number of anilines is 1. The fraction of sp³-hybridized carbons (Fsp3) is 0.588. The zero-order valence-electron chi connectivity index (χ0n) is 13.5. The monoisotopic (exact) mass is 289 g/mol. The molecule has 0 radical (unpaired) electrons. The number of piperazine rings is 1. The smallest absolute Gasteiger partial charge is 0.254 e. The summed E-state index contributed by atoms with van der Waals surface area (Å²) >= 11 is 0. The lowest BCUT2D eigenvalue weighted by Gasteiger charge is -2.34. The Morgan fingerprint density at radius 1 is 1.19 bits per heavy atom. The molecule has 0 saturated carbocycles. The summed E-state index contributed by atoms with van der Waals surface area (Å²) in [5, 5.41) is 3.36. The minimum atomic E-state index is 0.172. The van der Waals surface area contributed by atoms with Crippen LogP contribution in [-0.2, 0) is 0 Å². The Balaban J connectivity index is 2.02. The highest BCUT2D eigenvalue weighted by molar-refractivity contribution is 5.96. The van der Waals surface area contributed by atoms with Crippen LogP contribution in [0.4, 0.5) is 5.69 Å². The highest BCUT2D eigenvalue weighted by Crippen LogP contribution is 2.18. The predicted molar refractivity (Wildman–Crippen MR) is 88.0 cm³/mol. The molecule has 1 amide bonds. The maximum atomic E-state index is 12.6. The van der Waals surface area contributed by atoms with Gasteiger partial charge in [0.15, 0.2) is 0 Å². The van der Waals surface area contributed by atoms with E-state index in [1.807, 2.05) is 24.0 Å². The van der Waals surface area contributed by atoms with Crippen molar-refractivity contribution in [3.63, 3.8) is 0 Å². The molecular weight excluding hydrogens is 262 g/mol. The number of carbonyl (C=O) groups is 1. The van der Waals surface area contributed by atoms with E-state index in [9.17, 15) is 4.79 Å². The van der Waals surface area contributed by atoms with Gasteiger partial charge in [0.1, 0.15) is 0 Å². The highest BCUT2D eigenvalue weighted by Gasteiger charge is 2.22. The van der Waals surface area contributed by atoms with E-state index < -0.39 is 0 Å². The van der Waals surface area contributed by atoms with Crippen molar-refractivity contribution in [2.45, 2.75) is 27.2 Å². The van der Waals surface area contributed by atoms with Crippen molar-refractivity contribution in [2.24, 2.45) is 0 Å². The van der Waals surface area contributed by atoms with Gasteiger partial charge < -0.3 is 15.1 Å².